The largest absolute Gasteiger partial charge is 0.464 e. The predicted octanol–water partition coefficient (Wildman–Crippen LogP) is 4.60. The minimum Gasteiger partial charge on any atom is -0.464 e. The lowest BCUT2D eigenvalue weighted by molar-refractivity contribution is 0.0594. The van der Waals surface area contributed by atoms with E-state index in [1.54, 1.807) is 17.0 Å². The number of hydrogen-bond acceptors (Lipinski definition) is 9. The van der Waals surface area contributed by atoms with E-state index in [0.29, 0.717) is 57.7 Å². The van der Waals surface area contributed by atoms with Gasteiger partial charge in [-0.1, -0.05) is 11.3 Å². The summed E-state index contributed by atoms with van der Waals surface area (Å²) in [5, 5.41) is 10.7. The minimum atomic E-state index is -0.708. The summed E-state index contributed by atoms with van der Waals surface area (Å²) in [7, 11) is 1.23. The molecule has 5 rings (SSSR count). The lowest BCUT2D eigenvalue weighted by Crippen LogP contribution is -2.55. The van der Waals surface area contributed by atoms with Crippen LogP contribution in [0.2, 0.25) is 0 Å². The molecule has 0 atom stereocenters. The van der Waals surface area contributed by atoms with E-state index in [4.69, 9.17) is 10.5 Å². The van der Waals surface area contributed by atoms with Gasteiger partial charge in [0.1, 0.15) is 28.0 Å². The summed E-state index contributed by atoms with van der Waals surface area (Å²) in [6, 6.07) is 12.6. The van der Waals surface area contributed by atoms with Gasteiger partial charge in [0.05, 0.1) is 12.8 Å². The van der Waals surface area contributed by atoms with Crippen molar-refractivity contribution in [2.75, 3.05) is 36.5 Å². The van der Waals surface area contributed by atoms with Crippen molar-refractivity contribution in [3.63, 3.8) is 0 Å². The van der Waals surface area contributed by atoms with E-state index in [0.717, 1.165) is 11.3 Å². The number of rotatable bonds is 6. The van der Waals surface area contributed by atoms with Crippen LogP contribution >= 0.6 is 11.3 Å². The van der Waals surface area contributed by atoms with Gasteiger partial charge in [0.25, 0.3) is 0 Å². The zero-order valence-corrected chi connectivity index (χ0v) is 20.9. The van der Waals surface area contributed by atoms with Crippen molar-refractivity contribution in [1.82, 2.24) is 9.97 Å². The Morgan fingerprint density at radius 1 is 1.24 bits per heavy atom. The van der Waals surface area contributed by atoms with E-state index in [2.05, 4.69) is 16.0 Å². The Kier molecular flexibility index (Phi) is 6.45. The molecule has 0 bridgehead atoms. The van der Waals surface area contributed by atoms with E-state index < -0.39 is 17.6 Å². The van der Waals surface area contributed by atoms with Crippen molar-refractivity contribution in [3.05, 3.63) is 64.7 Å². The van der Waals surface area contributed by atoms with Crippen LogP contribution in [0.15, 0.2) is 42.5 Å². The van der Waals surface area contributed by atoms with Crippen LogP contribution in [0.4, 0.5) is 25.3 Å². The number of carbonyl (C=O) groups is 1. The van der Waals surface area contributed by atoms with E-state index in [1.165, 1.54) is 31.4 Å². The summed E-state index contributed by atoms with van der Waals surface area (Å²) >= 11 is 1.15. The maximum Gasteiger partial charge on any atom is 0.356 e. The summed E-state index contributed by atoms with van der Waals surface area (Å²) in [6.45, 7) is 3.47. The maximum atomic E-state index is 15.4. The quantitative estimate of drug-likeness (QED) is 0.368. The summed E-state index contributed by atoms with van der Waals surface area (Å²) in [6.07, 6.45) is 0. The molecule has 1 aliphatic heterocycles. The van der Waals surface area contributed by atoms with Gasteiger partial charge in [-0.05, 0) is 49.4 Å². The molecular formula is C26H22F2N6O2S. The number of aromatic nitrogens is 2. The second-order valence-electron chi connectivity index (χ2n) is 8.54. The molecule has 0 amide bonds. The molecule has 0 spiro atoms. The molecular weight excluding hydrogens is 498 g/mol. The van der Waals surface area contributed by atoms with E-state index >= 15 is 4.39 Å². The number of pyridine rings is 1. The molecule has 37 heavy (non-hydrogen) atoms. The number of hydrogen-bond donors (Lipinski definition) is 1. The van der Waals surface area contributed by atoms with Crippen molar-refractivity contribution in [1.29, 1.82) is 5.26 Å². The minimum absolute atomic E-state index is 0.0146. The van der Waals surface area contributed by atoms with Gasteiger partial charge in [-0.15, -0.1) is 0 Å². The second kappa shape index (κ2) is 9.72. The van der Waals surface area contributed by atoms with Crippen LogP contribution in [0.25, 0.3) is 22.2 Å². The number of esters is 1. The van der Waals surface area contributed by atoms with Crippen LogP contribution in [-0.2, 0) is 4.74 Å². The lowest BCUT2D eigenvalue weighted by Gasteiger charge is -2.39. The monoisotopic (exact) mass is 520 g/mol. The maximum absolute atomic E-state index is 15.4. The number of carbonyl (C=O) groups excluding carboxylic acids is 1. The van der Waals surface area contributed by atoms with Crippen molar-refractivity contribution in [2.24, 2.45) is 5.73 Å². The van der Waals surface area contributed by atoms with Crippen LogP contribution < -0.4 is 15.5 Å². The molecule has 1 saturated heterocycles. The fourth-order valence-electron chi connectivity index (χ4n) is 4.30. The molecule has 8 nitrogen and oxygen atoms in total. The molecule has 0 aliphatic carbocycles. The van der Waals surface area contributed by atoms with Crippen LogP contribution in [0.1, 0.15) is 22.3 Å². The zero-order chi connectivity index (χ0) is 26.3. The number of nitriles is 1. The molecule has 1 aliphatic rings. The summed E-state index contributed by atoms with van der Waals surface area (Å²) in [5.74, 6) is -1.69. The molecule has 2 N–H and O–H groups in total. The first kappa shape index (κ1) is 24.5. The van der Waals surface area contributed by atoms with Gasteiger partial charge < -0.3 is 20.3 Å². The average molecular weight is 521 g/mol. The number of ether oxygens (including phenoxy) is 1. The van der Waals surface area contributed by atoms with Crippen LogP contribution in [0, 0.1) is 23.0 Å². The summed E-state index contributed by atoms with van der Waals surface area (Å²) in [5.41, 5.74) is 8.03. The number of benzene rings is 2. The normalized spacial score (nSPS) is 13.4. The van der Waals surface area contributed by atoms with Crippen molar-refractivity contribution >= 4 is 44.7 Å². The number of fused-ring (bicyclic) bond motifs is 1. The van der Waals surface area contributed by atoms with Crippen molar-refractivity contribution < 1.29 is 18.3 Å². The van der Waals surface area contributed by atoms with Crippen LogP contribution in [0.3, 0.4) is 0 Å². The lowest BCUT2D eigenvalue weighted by atomic mass is 10.1. The summed E-state index contributed by atoms with van der Waals surface area (Å²) in [4.78, 5) is 25.4. The number of thiazole rings is 1. The van der Waals surface area contributed by atoms with Gasteiger partial charge in [0.15, 0.2) is 16.6 Å². The van der Waals surface area contributed by atoms with E-state index in [-0.39, 0.29) is 17.3 Å². The van der Waals surface area contributed by atoms with Crippen LogP contribution in [0.5, 0.6) is 0 Å². The van der Waals surface area contributed by atoms with Crippen molar-refractivity contribution in [3.8, 4) is 17.3 Å². The number of nitrogens with two attached hydrogens (primary N) is 1. The second-order valence-corrected chi connectivity index (χ2v) is 9.52. The highest BCUT2D eigenvalue weighted by Gasteiger charge is 2.27. The molecule has 0 saturated carbocycles. The van der Waals surface area contributed by atoms with Gasteiger partial charge in [-0.25, -0.2) is 23.5 Å². The summed E-state index contributed by atoms with van der Waals surface area (Å²) < 4.78 is 33.7. The Morgan fingerprint density at radius 3 is 2.59 bits per heavy atom. The molecule has 1 fully saturated rings. The molecule has 4 aromatic rings. The number of methoxy groups -OCH3 is 1. The Labute approximate surface area is 215 Å². The van der Waals surface area contributed by atoms with Gasteiger partial charge in [0.2, 0.25) is 0 Å². The Morgan fingerprint density at radius 2 is 1.97 bits per heavy atom. The third-order valence-electron chi connectivity index (χ3n) is 6.17. The third-order valence-corrected chi connectivity index (χ3v) is 7.16. The van der Waals surface area contributed by atoms with Gasteiger partial charge in [-0.3, -0.25) is 0 Å². The van der Waals surface area contributed by atoms with Gasteiger partial charge in [0, 0.05) is 42.3 Å². The predicted molar refractivity (Wildman–Crippen MR) is 138 cm³/mol. The number of nitrogens with zero attached hydrogens (tertiary/aromatic N) is 5. The number of anilines is 3. The Bertz CT molecular complexity index is 1540. The molecule has 11 heteroatoms. The fraction of sp³-hybridized carbons (Fsp3) is 0.231. The fourth-order valence-corrected chi connectivity index (χ4v) is 5.27. The van der Waals surface area contributed by atoms with Gasteiger partial charge >= 0.3 is 5.97 Å². The van der Waals surface area contributed by atoms with Gasteiger partial charge in [-0.2, -0.15) is 5.26 Å². The zero-order valence-electron chi connectivity index (χ0n) is 20.0. The van der Waals surface area contributed by atoms with Crippen molar-refractivity contribution in [2.45, 2.75) is 13.0 Å². The molecule has 188 valence electrons. The third kappa shape index (κ3) is 4.45. The number of halogens is 2. The molecule has 2 aromatic heterocycles. The first-order valence-corrected chi connectivity index (χ1v) is 12.3. The average Bonchev–Trinajstić information content (AvgIpc) is 3.31. The topological polar surface area (TPSA) is 108 Å². The molecule has 0 radical (unpaired) electrons. The molecule has 0 unspecified atom stereocenters. The molecule has 3 heterocycles. The highest BCUT2D eigenvalue weighted by molar-refractivity contribution is 7.16. The van der Waals surface area contributed by atoms with E-state index in [9.17, 15) is 14.4 Å². The highest BCUT2D eigenvalue weighted by Crippen LogP contribution is 2.40. The first-order chi connectivity index (χ1) is 17.8. The smallest absolute Gasteiger partial charge is 0.356 e. The van der Waals surface area contributed by atoms with E-state index in [1.807, 2.05) is 17.9 Å². The molecule has 2 aromatic carbocycles. The Hall–Kier alpha value is -4.14. The van der Waals surface area contributed by atoms with Crippen LogP contribution in [-0.4, -0.2) is 48.7 Å². The standard InChI is InChI=1S/C26H22F2N6O2S/c1-3-34(26-32-23(22(11-29)37-26)14-4-6-15(27)7-5-14)21-10-20(25(35)36-2)31-24-18(21)8-17(9-19(24)28)33-12-16(30)13-33/h4-10,16H,3,12-13,30H2,1-2H3. The first-order valence-electron chi connectivity index (χ1n) is 11.5. The highest BCUT2D eigenvalue weighted by atomic mass is 32.1. The SMILES string of the molecule is CCN(c1nc(-c2ccc(F)cc2)c(C#N)s1)c1cc(C(=O)OC)nc2c(F)cc(N3CC(N)C3)cc12. The Balaban J connectivity index is 1.69.